The van der Waals surface area contributed by atoms with E-state index in [2.05, 4.69) is 53.1 Å². The maximum atomic E-state index is 11.8. The van der Waals surface area contributed by atoms with Gasteiger partial charge in [0.05, 0.1) is 26.9 Å². The monoisotopic (exact) mass is 527 g/mol. The molecule has 1 rings (SSSR count). The van der Waals surface area contributed by atoms with Gasteiger partial charge in [-0.2, -0.15) is 0 Å². The van der Waals surface area contributed by atoms with E-state index in [1.807, 2.05) is 13.0 Å². The van der Waals surface area contributed by atoms with E-state index in [1.165, 1.54) is 14.2 Å². The number of carboxylic acid groups (broad SMARTS) is 1. The highest BCUT2D eigenvalue weighted by Gasteiger charge is 2.37. The van der Waals surface area contributed by atoms with Crippen LogP contribution in [0.25, 0.3) is 5.76 Å². The molecule has 0 bridgehead atoms. The van der Waals surface area contributed by atoms with Gasteiger partial charge in [-0.3, -0.25) is 0 Å². The lowest BCUT2D eigenvalue weighted by Gasteiger charge is -2.32. The van der Waals surface area contributed by atoms with Gasteiger partial charge in [-0.05, 0) is 82.2 Å². The van der Waals surface area contributed by atoms with Crippen molar-refractivity contribution < 1.29 is 32.3 Å². The molecule has 0 aromatic heterocycles. The van der Waals surface area contributed by atoms with E-state index >= 15 is 0 Å². The Morgan fingerprint density at radius 2 is 1.53 bits per heavy atom. The van der Waals surface area contributed by atoms with Crippen LogP contribution < -0.4 is 9.92 Å². The SMILES string of the molecule is COC(C(=O)O)=C(OC)c1cc(C)c([Si](O[Si](C)(C)C)O[Si](C)(C)C)c(CCC(C)C)c1OC. The van der Waals surface area contributed by atoms with Crippen molar-refractivity contribution in [1.82, 2.24) is 0 Å². The summed E-state index contributed by atoms with van der Waals surface area (Å²) in [6.45, 7) is 19.4. The summed E-state index contributed by atoms with van der Waals surface area (Å²) in [4.78, 5) is 11.8. The summed E-state index contributed by atoms with van der Waals surface area (Å²) in [5.74, 6) is -0.308. The largest absolute Gasteiger partial charge is 0.496 e. The van der Waals surface area contributed by atoms with Crippen LogP contribution in [0.2, 0.25) is 39.3 Å². The summed E-state index contributed by atoms with van der Waals surface area (Å²) in [5, 5.41) is 10.7. The lowest BCUT2D eigenvalue weighted by molar-refractivity contribution is -0.136. The van der Waals surface area contributed by atoms with Crippen molar-refractivity contribution in [2.24, 2.45) is 5.92 Å². The van der Waals surface area contributed by atoms with Gasteiger partial charge in [0.2, 0.25) is 5.76 Å². The molecule has 7 nitrogen and oxygen atoms in total. The van der Waals surface area contributed by atoms with Crippen LogP contribution in [0, 0.1) is 12.8 Å². The minimum atomic E-state index is -1.93. The van der Waals surface area contributed by atoms with E-state index < -0.39 is 31.9 Å². The zero-order valence-corrected chi connectivity index (χ0v) is 26.0. The van der Waals surface area contributed by atoms with E-state index in [1.54, 1.807) is 7.11 Å². The minimum absolute atomic E-state index is 0.123. The summed E-state index contributed by atoms with van der Waals surface area (Å²) in [6.07, 6.45) is 1.68. The summed E-state index contributed by atoms with van der Waals surface area (Å²) >= 11 is 0. The Hall–Kier alpha value is -1.60. The summed E-state index contributed by atoms with van der Waals surface area (Å²) in [7, 11) is -1.34. The molecule has 1 N–H and O–H groups in total. The van der Waals surface area contributed by atoms with Crippen LogP contribution in [-0.4, -0.2) is 58.3 Å². The molecule has 1 aromatic carbocycles. The second-order valence-corrected chi connectivity index (χ2v) is 21.8. The average molecular weight is 528 g/mol. The van der Waals surface area contributed by atoms with Crippen molar-refractivity contribution >= 4 is 42.8 Å². The molecule has 0 unspecified atom stereocenters. The highest BCUT2D eigenvalue weighted by atomic mass is 28.4. The van der Waals surface area contributed by atoms with Gasteiger partial charge in [0.25, 0.3) is 0 Å². The molecule has 0 heterocycles. The Labute approximate surface area is 209 Å². The van der Waals surface area contributed by atoms with Crippen LogP contribution in [0.15, 0.2) is 11.8 Å². The third-order valence-electron chi connectivity index (χ3n) is 4.81. The number of carbonyl (C=O) groups is 1. The molecule has 0 fully saturated rings. The predicted octanol–water partition coefficient (Wildman–Crippen LogP) is 5.04. The molecule has 0 spiro atoms. The molecule has 0 saturated heterocycles. The Morgan fingerprint density at radius 1 is 1.00 bits per heavy atom. The Bertz CT molecular complexity index is 868. The van der Waals surface area contributed by atoms with E-state index in [9.17, 15) is 9.90 Å². The second kappa shape index (κ2) is 12.4. The Balaban J connectivity index is 4.04. The molecule has 0 amide bonds. The van der Waals surface area contributed by atoms with E-state index in [4.69, 9.17) is 22.4 Å². The normalized spacial score (nSPS) is 13.2. The van der Waals surface area contributed by atoms with Crippen molar-refractivity contribution in [1.29, 1.82) is 0 Å². The fourth-order valence-electron chi connectivity index (χ4n) is 3.51. The molecular weight excluding hydrogens is 485 g/mol. The first-order valence-electron chi connectivity index (χ1n) is 11.6. The molecule has 1 aromatic rings. The number of rotatable bonds is 13. The molecule has 0 aliphatic carbocycles. The second-order valence-electron chi connectivity index (χ2n) is 10.6. The van der Waals surface area contributed by atoms with Crippen LogP contribution in [0.3, 0.4) is 0 Å². The maximum absolute atomic E-state index is 11.8. The minimum Gasteiger partial charge on any atom is -0.496 e. The third-order valence-corrected chi connectivity index (χ3v) is 12.3. The van der Waals surface area contributed by atoms with Crippen LogP contribution in [0.1, 0.15) is 37.0 Å². The van der Waals surface area contributed by atoms with E-state index in [0.717, 1.165) is 29.2 Å². The average Bonchev–Trinajstić information content (AvgIpc) is 2.66. The van der Waals surface area contributed by atoms with Gasteiger partial charge in [0, 0.05) is 5.19 Å². The van der Waals surface area contributed by atoms with Gasteiger partial charge in [-0.15, -0.1) is 0 Å². The van der Waals surface area contributed by atoms with Crippen LogP contribution in [0.4, 0.5) is 0 Å². The molecule has 0 aliphatic heterocycles. The molecule has 34 heavy (non-hydrogen) atoms. The first-order chi connectivity index (χ1) is 15.6. The fraction of sp³-hybridized carbons (Fsp3) is 0.625. The molecule has 0 aliphatic rings. The van der Waals surface area contributed by atoms with Crippen molar-refractivity contribution in [3.63, 3.8) is 0 Å². The lowest BCUT2D eigenvalue weighted by Crippen LogP contribution is -2.52. The van der Waals surface area contributed by atoms with Gasteiger partial charge in [0.15, 0.2) is 22.4 Å². The van der Waals surface area contributed by atoms with Gasteiger partial charge < -0.3 is 27.5 Å². The van der Waals surface area contributed by atoms with Crippen LogP contribution >= 0.6 is 0 Å². The molecule has 0 atom stereocenters. The number of carboxylic acids is 1. The Kier molecular flexibility index (Phi) is 11.1. The highest BCUT2D eigenvalue weighted by molar-refractivity contribution is 6.85. The van der Waals surface area contributed by atoms with Gasteiger partial charge >= 0.3 is 15.3 Å². The first-order valence-corrected chi connectivity index (χ1v) is 19.7. The number of hydrogen-bond acceptors (Lipinski definition) is 6. The smallest absolute Gasteiger partial charge is 0.402 e. The van der Waals surface area contributed by atoms with Crippen molar-refractivity contribution in [2.75, 3.05) is 21.3 Å². The number of aryl methyl sites for hydroxylation is 1. The fourth-order valence-corrected chi connectivity index (χ4v) is 10.2. The van der Waals surface area contributed by atoms with Crippen LogP contribution in [0.5, 0.6) is 5.75 Å². The van der Waals surface area contributed by atoms with Crippen molar-refractivity contribution in [3.05, 3.63) is 28.5 Å². The van der Waals surface area contributed by atoms with Crippen molar-refractivity contribution in [2.45, 2.75) is 72.9 Å². The van der Waals surface area contributed by atoms with E-state index in [-0.39, 0.29) is 11.5 Å². The molecule has 193 valence electrons. The number of methoxy groups -OCH3 is 3. The molecule has 10 heteroatoms. The van der Waals surface area contributed by atoms with Gasteiger partial charge in [-0.1, -0.05) is 13.8 Å². The molecule has 1 radical (unpaired) electrons. The van der Waals surface area contributed by atoms with Gasteiger partial charge in [-0.25, -0.2) is 4.79 Å². The zero-order valence-electron chi connectivity index (χ0n) is 23.0. The quantitative estimate of drug-likeness (QED) is 0.219. The molecular formula is C24H43O7Si3. The summed E-state index contributed by atoms with van der Waals surface area (Å²) < 4.78 is 30.0. The summed E-state index contributed by atoms with van der Waals surface area (Å²) in [6, 6.07) is 1.90. The number of ether oxygens (including phenoxy) is 3. The maximum Gasteiger partial charge on any atom is 0.402 e. The number of hydrogen-bond donors (Lipinski definition) is 1. The van der Waals surface area contributed by atoms with E-state index in [0.29, 0.717) is 17.2 Å². The first kappa shape index (κ1) is 30.4. The van der Waals surface area contributed by atoms with Crippen molar-refractivity contribution in [3.8, 4) is 5.75 Å². The van der Waals surface area contributed by atoms with Gasteiger partial charge in [0.1, 0.15) is 5.75 Å². The third kappa shape index (κ3) is 8.56. The predicted molar refractivity (Wildman–Crippen MR) is 144 cm³/mol. The Morgan fingerprint density at radius 3 is 1.88 bits per heavy atom. The molecule has 0 saturated carbocycles. The number of aliphatic carboxylic acids is 1. The standard InChI is InChI=1S/C24H43O7Si3/c1-16(2)13-14-18-20(27-4)19(21(28-5)22(29-6)24(25)26)15-17(3)23(18)32(30-33(7,8)9)31-34(10,11)12/h15-16H,13-14H2,1-12H3,(H,25,26). The summed E-state index contributed by atoms with van der Waals surface area (Å²) in [5.41, 5.74) is 2.51. The zero-order chi connectivity index (χ0) is 26.4. The topological polar surface area (TPSA) is 83.5 Å². The lowest BCUT2D eigenvalue weighted by atomic mass is 9.96. The van der Waals surface area contributed by atoms with Crippen LogP contribution in [-0.2, 0) is 28.9 Å². The number of benzene rings is 1. The highest BCUT2D eigenvalue weighted by Crippen LogP contribution is 2.35.